The Morgan fingerprint density at radius 3 is 2.54 bits per heavy atom. The molecule has 1 heterocycles. The van der Waals surface area contributed by atoms with Crippen LogP contribution in [0.3, 0.4) is 0 Å². The van der Waals surface area contributed by atoms with Crippen molar-refractivity contribution in [1.82, 2.24) is 4.90 Å². The fraction of sp³-hybridized carbons (Fsp3) is 0.545. The van der Waals surface area contributed by atoms with Gasteiger partial charge in [-0.1, -0.05) is 39.2 Å². The van der Waals surface area contributed by atoms with Crippen LogP contribution in [0, 0.1) is 5.92 Å². The first-order valence-electron chi connectivity index (χ1n) is 10.1. The molecule has 1 aromatic rings. The first-order chi connectivity index (χ1) is 13.3. The third kappa shape index (κ3) is 4.49. The monoisotopic (exact) mass is 389 g/mol. The highest BCUT2D eigenvalue weighted by Gasteiger charge is 2.43. The average molecular weight is 389 g/mol. The summed E-state index contributed by atoms with van der Waals surface area (Å²) in [5.41, 5.74) is 0.734. The van der Waals surface area contributed by atoms with Crippen molar-refractivity contribution in [3.05, 3.63) is 35.1 Å². The summed E-state index contributed by atoms with van der Waals surface area (Å²) in [6.45, 7) is 8.22. The van der Waals surface area contributed by atoms with E-state index in [1.54, 1.807) is 17.0 Å². The number of nitrogens with zero attached hydrogens (tertiary/aromatic N) is 1. The Labute approximate surface area is 166 Å². The number of phenolic OH excluding ortho intramolecular Hbond substituents is 1. The van der Waals surface area contributed by atoms with Crippen LogP contribution in [0.5, 0.6) is 11.5 Å². The minimum absolute atomic E-state index is 0.00608. The van der Waals surface area contributed by atoms with E-state index in [4.69, 9.17) is 4.74 Å². The molecule has 2 N–H and O–H groups in total. The Kier molecular flexibility index (Phi) is 7.49. The van der Waals surface area contributed by atoms with Crippen molar-refractivity contribution in [3.8, 4) is 11.5 Å². The van der Waals surface area contributed by atoms with Crippen molar-refractivity contribution < 1.29 is 24.5 Å². The third-order valence-electron chi connectivity index (χ3n) is 5.28. The highest BCUT2D eigenvalue weighted by atomic mass is 16.5. The summed E-state index contributed by atoms with van der Waals surface area (Å²) in [7, 11) is 0. The number of amides is 1. The number of phenols is 1. The maximum Gasteiger partial charge on any atom is 0.290 e. The molecule has 1 aliphatic rings. The number of ketones is 1. The summed E-state index contributed by atoms with van der Waals surface area (Å²) in [5, 5.41) is 20.4. The number of carbonyl (C=O) groups excluding carboxylic acids is 2. The maximum atomic E-state index is 12.8. The van der Waals surface area contributed by atoms with E-state index in [0.29, 0.717) is 24.5 Å². The van der Waals surface area contributed by atoms with E-state index >= 15 is 0 Å². The van der Waals surface area contributed by atoms with E-state index in [0.717, 1.165) is 25.7 Å². The predicted molar refractivity (Wildman–Crippen MR) is 107 cm³/mol. The molecule has 6 heteroatoms. The second-order valence-electron chi connectivity index (χ2n) is 7.26. The minimum Gasteiger partial charge on any atom is -0.504 e. The molecule has 28 heavy (non-hydrogen) atoms. The van der Waals surface area contributed by atoms with E-state index in [1.807, 2.05) is 6.92 Å². The fourth-order valence-corrected chi connectivity index (χ4v) is 3.72. The van der Waals surface area contributed by atoms with Gasteiger partial charge < -0.3 is 19.8 Å². The normalized spacial score (nSPS) is 17.9. The van der Waals surface area contributed by atoms with E-state index in [2.05, 4.69) is 13.8 Å². The van der Waals surface area contributed by atoms with Gasteiger partial charge in [0, 0.05) is 6.54 Å². The predicted octanol–water partition coefficient (Wildman–Crippen LogP) is 4.29. The summed E-state index contributed by atoms with van der Waals surface area (Å²) in [5.74, 6) is -0.766. The van der Waals surface area contributed by atoms with Gasteiger partial charge in [-0.15, -0.1) is 0 Å². The first kappa shape index (κ1) is 21.8. The quantitative estimate of drug-likeness (QED) is 0.623. The number of aromatic hydroxyl groups is 1. The maximum absolute atomic E-state index is 12.8. The van der Waals surface area contributed by atoms with Crippen molar-refractivity contribution in [1.29, 1.82) is 0 Å². The third-order valence-corrected chi connectivity index (χ3v) is 5.28. The molecule has 1 aromatic carbocycles. The van der Waals surface area contributed by atoms with E-state index < -0.39 is 17.7 Å². The zero-order valence-electron chi connectivity index (χ0n) is 17.2. The molecule has 0 saturated carbocycles. The van der Waals surface area contributed by atoms with Crippen molar-refractivity contribution in [2.45, 2.75) is 59.4 Å². The molecule has 0 bridgehead atoms. The van der Waals surface area contributed by atoms with Crippen molar-refractivity contribution >= 4 is 11.7 Å². The van der Waals surface area contributed by atoms with Crippen molar-refractivity contribution in [2.75, 3.05) is 13.2 Å². The fourth-order valence-electron chi connectivity index (χ4n) is 3.72. The van der Waals surface area contributed by atoms with E-state index in [1.165, 1.54) is 13.0 Å². The van der Waals surface area contributed by atoms with Gasteiger partial charge in [0.05, 0.1) is 18.2 Å². The van der Waals surface area contributed by atoms with Crippen LogP contribution in [0.15, 0.2) is 29.5 Å². The van der Waals surface area contributed by atoms with Gasteiger partial charge in [-0.2, -0.15) is 0 Å². The summed E-state index contributed by atoms with van der Waals surface area (Å²) in [6.07, 6.45) is 4.04. The van der Waals surface area contributed by atoms with Crippen LogP contribution >= 0.6 is 0 Å². The molecule has 0 fully saturated rings. The SMILES string of the molecule is CCCC[C@H](CC)CN1C(=O)C(O)=C(C(C)=O)[C@H]1c1ccc(O)c(OCC)c1. The highest BCUT2D eigenvalue weighted by molar-refractivity contribution is 6.08. The number of carbonyl (C=O) groups is 2. The second-order valence-corrected chi connectivity index (χ2v) is 7.26. The highest BCUT2D eigenvalue weighted by Crippen LogP contribution is 2.41. The lowest BCUT2D eigenvalue weighted by Gasteiger charge is -2.30. The standard InChI is InChI=1S/C22H31NO5/c1-5-8-9-15(6-2)13-23-20(19(14(4)24)21(26)22(23)27)16-10-11-17(25)18(12-16)28-7-3/h10-12,15,20,25-26H,5-9,13H2,1-4H3/t15-,20+/m0/s1. The zero-order chi connectivity index (χ0) is 20.8. The van der Waals surface area contributed by atoms with Crippen LogP contribution in [0.4, 0.5) is 0 Å². The molecule has 6 nitrogen and oxygen atoms in total. The number of benzene rings is 1. The molecule has 0 radical (unpaired) electrons. The number of hydrogen-bond donors (Lipinski definition) is 2. The Bertz CT molecular complexity index is 755. The van der Waals surface area contributed by atoms with Crippen LogP contribution in [0.1, 0.15) is 65.0 Å². The Balaban J connectivity index is 2.46. The van der Waals surface area contributed by atoms with Gasteiger partial charge in [0.25, 0.3) is 5.91 Å². The van der Waals surface area contributed by atoms with Crippen molar-refractivity contribution in [2.24, 2.45) is 5.92 Å². The van der Waals surface area contributed by atoms with Crippen LogP contribution in [0.25, 0.3) is 0 Å². The zero-order valence-corrected chi connectivity index (χ0v) is 17.2. The number of hydrogen-bond acceptors (Lipinski definition) is 5. The van der Waals surface area contributed by atoms with E-state index in [9.17, 15) is 19.8 Å². The van der Waals surface area contributed by atoms with Gasteiger partial charge >= 0.3 is 0 Å². The average Bonchev–Trinajstić information content (AvgIpc) is 2.91. The molecule has 0 unspecified atom stereocenters. The molecule has 0 aliphatic carbocycles. The number of aliphatic hydroxyl groups excluding tert-OH is 1. The molecule has 2 atom stereocenters. The number of unbranched alkanes of at least 4 members (excludes halogenated alkanes) is 1. The van der Waals surface area contributed by atoms with Gasteiger partial charge in [0.1, 0.15) is 0 Å². The van der Waals surface area contributed by atoms with Gasteiger partial charge in [-0.25, -0.2) is 0 Å². The number of ether oxygens (including phenoxy) is 1. The summed E-state index contributed by atoms with van der Waals surface area (Å²) in [6, 6.07) is 4.11. The largest absolute Gasteiger partial charge is 0.504 e. The lowest BCUT2D eigenvalue weighted by atomic mass is 9.94. The lowest BCUT2D eigenvalue weighted by molar-refractivity contribution is -0.130. The van der Waals surface area contributed by atoms with Crippen LogP contribution < -0.4 is 4.74 Å². The molecule has 0 spiro atoms. The van der Waals surface area contributed by atoms with Crippen molar-refractivity contribution in [3.63, 3.8) is 0 Å². The Morgan fingerprint density at radius 1 is 1.25 bits per heavy atom. The summed E-state index contributed by atoms with van der Waals surface area (Å²) >= 11 is 0. The molecule has 1 amide bonds. The van der Waals surface area contributed by atoms with Crippen LogP contribution in [0.2, 0.25) is 0 Å². The van der Waals surface area contributed by atoms with Gasteiger partial charge in [-0.3, -0.25) is 9.59 Å². The minimum atomic E-state index is -0.680. The topological polar surface area (TPSA) is 87.1 Å². The summed E-state index contributed by atoms with van der Waals surface area (Å²) < 4.78 is 5.46. The molecule has 0 aromatic heterocycles. The van der Waals surface area contributed by atoms with Gasteiger partial charge in [0.15, 0.2) is 23.0 Å². The van der Waals surface area contributed by atoms with Crippen LogP contribution in [-0.2, 0) is 9.59 Å². The number of aliphatic hydroxyl groups is 1. The molecule has 2 rings (SSSR count). The van der Waals surface area contributed by atoms with Gasteiger partial charge in [0.2, 0.25) is 0 Å². The Morgan fingerprint density at radius 2 is 1.96 bits per heavy atom. The Hall–Kier alpha value is -2.50. The lowest BCUT2D eigenvalue weighted by Crippen LogP contribution is -2.35. The van der Waals surface area contributed by atoms with Crippen LogP contribution in [-0.4, -0.2) is 40.0 Å². The van der Waals surface area contributed by atoms with E-state index in [-0.39, 0.29) is 23.0 Å². The second kappa shape index (κ2) is 9.62. The molecule has 0 saturated heterocycles. The molecular formula is C22H31NO5. The first-order valence-corrected chi connectivity index (χ1v) is 10.1. The summed E-state index contributed by atoms with van der Waals surface area (Å²) in [4.78, 5) is 26.6. The smallest absolute Gasteiger partial charge is 0.290 e. The number of rotatable bonds is 10. The molecular weight excluding hydrogens is 358 g/mol. The molecule has 154 valence electrons. The molecule has 1 aliphatic heterocycles. The van der Waals surface area contributed by atoms with Gasteiger partial charge in [-0.05, 0) is 43.9 Å². The number of Topliss-reactive ketones (excluding diaryl/α,β-unsaturated/α-hetero) is 1.